The largest absolute Gasteiger partial charge is 0.481 e. The molecule has 1 aliphatic carbocycles. The Labute approximate surface area is 170 Å². The number of carboxylic acid groups (broad SMARTS) is 1. The lowest BCUT2D eigenvalue weighted by atomic mass is 9.77. The van der Waals surface area contributed by atoms with E-state index in [0.717, 1.165) is 36.1 Å². The van der Waals surface area contributed by atoms with Crippen LogP contribution in [0.3, 0.4) is 0 Å². The molecule has 2 aliphatic rings. The van der Waals surface area contributed by atoms with Gasteiger partial charge in [0, 0.05) is 12.3 Å². The Bertz CT molecular complexity index is 951. The van der Waals surface area contributed by atoms with Gasteiger partial charge in [-0.05, 0) is 42.0 Å². The van der Waals surface area contributed by atoms with E-state index in [1.165, 1.54) is 5.57 Å². The SMILES string of the molecule is O=C(O)CCC(=O)N1N=C2C(=Cc3ccccc3)CCCC2C1c1ccccc1. The Morgan fingerprint density at radius 3 is 2.41 bits per heavy atom. The lowest BCUT2D eigenvalue weighted by Gasteiger charge is -2.29. The van der Waals surface area contributed by atoms with Crippen molar-refractivity contribution < 1.29 is 14.7 Å². The van der Waals surface area contributed by atoms with Crippen LogP contribution in [0.4, 0.5) is 0 Å². The molecule has 0 saturated heterocycles. The summed E-state index contributed by atoms with van der Waals surface area (Å²) in [6.07, 6.45) is 4.89. The van der Waals surface area contributed by atoms with Crippen LogP contribution >= 0.6 is 0 Å². The van der Waals surface area contributed by atoms with Gasteiger partial charge in [-0.1, -0.05) is 60.7 Å². The van der Waals surface area contributed by atoms with E-state index < -0.39 is 5.97 Å². The van der Waals surface area contributed by atoms with Crippen molar-refractivity contribution in [3.8, 4) is 0 Å². The molecule has 2 aromatic rings. The number of allylic oxidation sites excluding steroid dienone is 1. The van der Waals surface area contributed by atoms with Crippen LogP contribution in [0.15, 0.2) is 71.3 Å². The second-order valence-electron chi connectivity index (χ2n) is 7.55. The molecule has 0 radical (unpaired) electrons. The van der Waals surface area contributed by atoms with Gasteiger partial charge in [-0.2, -0.15) is 5.10 Å². The zero-order chi connectivity index (χ0) is 20.2. The van der Waals surface area contributed by atoms with Gasteiger partial charge in [-0.25, -0.2) is 5.01 Å². The number of hydrogen-bond acceptors (Lipinski definition) is 3. The third-order valence-electron chi connectivity index (χ3n) is 5.59. The molecule has 4 rings (SSSR count). The summed E-state index contributed by atoms with van der Waals surface area (Å²) in [5.74, 6) is -1.07. The highest BCUT2D eigenvalue weighted by Gasteiger charge is 2.43. The van der Waals surface area contributed by atoms with Crippen molar-refractivity contribution in [1.29, 1.82) is 0 Å². The Kier molecular flexibility index (Phi) is 5.56. The highest BCUT2D eigenvalue weighted by Crippen LogP contribution is 2.44. The number of fused-ring (bicyclic) bond motifs is 1. The molecule has 2 aromatic carbocycles. The lowest BCUT2D eigenvalue weighted by Crippen LogP contribution is -2.32. The Hall–Kier alpha value is -3.21. The van der Waals surface area contributed by atoms with E-state index in [0.29, 0.717) is 0 Å². The van der Waals surface area contributed by atoms with Crippen LogP contribution in [0.5, 0.6) is 0 Å². The number of hydrogen-bond donors (Lipinski definition) is 1. The fraction of sp³-hybridized carbons (Fsp3) is 0.292. The van der Waals surface area contributed by atoms with E-state index in [4.69, 9.17) is 10.2 Å². The van der Waals surface area contributed by atoms with Crippen molar-refractivity contribution in [2.75, 3.05) is 0 Å². The van der Waals surface area contributed by atoms with Crippen molar-refractivity contribution in [3.05, 3.63) is 77.4 Å². The molecule has 148 valence electrons. The van der Waals surface area contributed by atoms with E-state index >= 15 is 0 Å². The minimum absolute atomic E-state index is 0.0418. The van der Waals surface area contributed by atoms with Crippen LogP contribution in [0.2, 0.25) is 0 Å². The molecule has 1 heterocycles. The molecular weight excluding hydrogens is 364 g/mol. The topological polar surface area (TPSA) is 70.0 Å². The summed E-state index contributed by atoms with van der Waals surface area (Å²) in [6, 6.07) is 19.9. The highest BCUT2D eigenvalue weighted by molar-refractivity contribution is 6.08. The highest BCUT2D eigenvalue weighted by atomic mass is 16.4. The van der Waals surface area contributed by atoms with Crippen molar-refractivity contribution >= 4 is 23.7 Å². The molecule has 0 aromatic heterocycles. The van der Waals surface area contributed by atoms with Gasteiger partial charge in [0.15, 0.2) is 0 Å². The molecule has 1 aliphatic heterocycles. The van der Waals surface area contributed by atoms with E-state index in [2.05, 4.69) is 18.2 Å². The molecule has 1 fully saturated rings. The smallest absolute Gasteiger partial charge is 0.303 e. The zero-order valence-corrected chi connectivity index (χ0v) is 16.2. The standard InChI is InChI=1S/C24H24N2O3/c27-21(14-15-22(28)29)26-24(18-10-5-2-6-11-18)20-13-7-12-19(23(20)25-26)16-17-8-3-1-4-9-17/h1-6,8-11,16,20,24H,7,12-15H2,(H,28,29). The second kappa shape index (κ2) is 8.43. The van der Waals surface area contributed by atoms with Gasteiger partial charge >= 0.3 is 5.97 Å². The minimum atomic E-state index is -0.969. The van der Waals surface area contributed by atoms with E-state index in [-0.39, 0.29) is 30.7 Å². The first kappa shape index (κ1) is 19.1. The summed E-state index contributed by atoms with van der Waals surface area (Å²) in [4.78, 5) is 23.8. The maximum Gasteiger partial charge on any atom is 0.303 e. The number of carbonyl (C=O) groups is 2. The van der Waals surface area contributed by atoms with E-state index in [1.807, 2.05) is 48.5 Å². The summed E-state index contributed by atoms with van der Waals surface area (Å²) >= 11 is 0. The average molecular weight is 388 g/mol. The minimum Gasteiger partial charge on any atom is -0.481 e. The van der Waals surface area contributed by atoms with Crippen LogP contribution in [0.1, 0.15) is 49.3 Å². The van der Waals surface area contributed by atoms with Crippen molar-refractivity contribution in [2.24, 2.45) is 11.0 Å². The first-order chi connectivity index (χ1) is 14.1. The molecule has 2 atom stereocenters. The number of nitrogens with zero attached hydrogens (tertiary/aromatic N) is 2. The molecule has 1 N–H and O–H groups in total. The average Bonchev–Trinajstić information content (AvgIpc) is 3.14. The monoisotopic (exact) mass is 388 g/mol. The summed E-state index contributed by atoms with van der Waals surface area (Å²) in [5.41, 5.74) is 4.30. The zero-order valence-electron chi connectivity index (χ0n) is 16.2. The summed E-state index contributed by atoms with van der Waals surface area (Å²) < 4.78 is 0. The lowest BCUT2D eigenvalue weighted by molar-refractivity contribution is -0.141. The third-order valence-corrected chi connectivity index (χ3v) is 5.59. The van der Waals surface area contributed by atoms with Crippen LogP contribution < -0.4 is 0 Å². The van der Waals surface area contributed by atoms with Crippen LogP contribution in [-0.4, -0.2) is 27.7 Å². The molecule has 29 heavy (non-hydrogen) atoms. The number of aliphatic carboxylic acids is 1. The Balaban J connectivity index is 1.70. The van der Waals surface area contributed by atoms with Gasteiger partial charge in [0.2, 0.25) is 5.91 Å². The van der Waals surface area contributed by atoms with Crippen LogP contribution in [-0.2, 0) is 9.59 Å². The Morgan fingerprint density at radius 2 is 1.72 bits per heavy atom. The van der Waals surface area contributed by atoms with Gasteiger partial charge in [0.25, 0.3) is 0 Å². The van der Waals surface area contributed by atoms with Gasteiger partial charge in [-0.15, -0.1) is 0 Å². The normalized spacial score (nSPS) is 22.3. The molecule has 1 saturated carbocycles. The summed E-state index contributed by atoms with van der Waals surface area (Å²) in [5, 5.41) is 15.3. The summed E-state index contributed by atoms with van der Waals surface area (Å²) in [6.45, 7) is 0. The third kappa shape index (κ3) is 4.14. The van der Waals surface area contributed by atoms with Gasteiger partial charge < -0.3 is 5.11 Å². The van der Waals surface area contributed by atoms with Crippen LogP contribution in [0.25, 0.3) is 6.08 Å². The molecule has 0 bridgehead atoms. The fourth-order valence-electron chi connectivity index (χ4n) is 4.27. The quantitative estimate of drug-likeness (QED) is 0.809. The van der Waals surface area contributed by atoms with E-state index in [9.17, 15) is 9.59 Å². The maximum absolute atomic E-state index is 12.9. The first-order valence-corrected chi connectivity index (χ1v) is 10.1. The van der Waals surface area contributed by atoms with Crippen molar-refractivity contribution in [2.45, 2.75) is 38.1 Å². The molecule has 0 spiro atoms. The predicted molar refractivity (Wildman–Crippen MR) is 112 cm³/mol. The number of amides is 1. The number of hydrazone groups is 1. The second-order valence-corrected chi connectivity index (χ2v) is 7.55. The van der Waals surface area contributed by atoms with E-state index in [1.54, 1.807) is 5.01 Å². The number of benzene rings is 2. The molecule has 5 heteroatoms. The number of carbonyl (C=O) groups excluding carboxylic acids is 1. The molecular formula is C24H24N2O3. The van der Waals surface area contributed by atoms with Gasteiger partial charge in [0.1, 0.15) is 0 Å². The van der Waals surface area contributed by atoms with Gasteiger partial charge in [-0.3, -0.25) is 9.59 Å². The molecule has 5 nitrogen and oxygen atoms in total. The maximum atomic E-state index is 12.9. The molecule has 2 unspecified atom stereocenters. The van der Waals surface area contributed by atoms with Crippen molar-refractivity contribution in [3.63, 3.8) is 0 Å². The number of carboxylic acids is 1. The predicted octanol–water partition coefficient (Wildman–Crippen LogP) is 4.67. The Morgan fingerprint density at radius 1 is 1.03 bits per heavy atom. The van der Waals surface area contributed by atoms with Crippen LogP contribution in [0, 0.1) is 5.92 Å². The first-order valence-electron chi connectivity index (χ1n) is 10.1. The molecule has 1 amide bonds. The number of rotatable bonds is 5. The fourth-order valence-corrected chi connectivity index (χ4v) is 4.27. The van der Waals surface area contributed by atoms with Gasteiger partial charge in [0.05, 0.1) is 18.2 Å². The van der Waals surface area contributed by atoms with Crippen molar-refractivity contribution in [1.82, 2.24) is 5.01 Å². The summed E-state index contributed by atoms with van der Waals surface area (Å²) in [7, 11) is 0.